The highest BCUT2D eigenvalue weighted by atomic mass is 32.1. The van der Waals surface area contributed by atoms with Crippen molar-refractivity contribution in [2.75, 3.05) is 14.2 Å². The van der Waals surface area contributed by atoms with Crippen molar-refractivity contribution in [1.82, 2.24) is 0 Å². The lowest BCUT2D eigenvalue weighted by atomic mass is 9.62. The van der Waals surface area contributed by atoms with Crippen LogP contribution >= 0.6 is 25.3 Å². The fourth-order valence-corrected chi connectivity index (χ4v) is 7.16. The third-order valence-corrected chi connectivity index (χ3v) is 9.49. The number of unbranched alkanes of at least 4 members (excludes halogenated alkanes) is 14. The molecule has 0 bridgehead atoms. The highest BCUT2D eigenvalue weighted by Crippen LogP contribution is 2.45. The van der Waals surface area contributed by atoms with Crippen LogP contribution in [0.2, 0.25) is 0 Å². The average Bonchev–Trinajstić information content (AvgIpc) is 2.99. The molecule has 3 N–H and O–H groups in total. The molecule has 7 heteroatoms. The number of hydrogen-bond donors (Lipinski definition) is 5. The lowest BCUT2D eigenvalue weighted by Crippen LogP contribution is -2.51. The molecule has 0 fully saturated rings. The lowest BCUT2D eigenvalue weighted by molar-refractivity contribution is -0.135. The van der Waals surface area contributed by atoms with Crippen LogP contribution in [-0.2, 0) is 9.59 Å². The van der Waals surface area contributed by atoms with Crippen LogP contribution in [0.5, 0.6) is 0 Å². The molecule has 0 aliphatic heterocycles. The Morgan fingerprint density at radius 3 is 1.07 bits per heavy atom. The smallest absolute Gasteiger partial charge is 0.186 e. The normalized spacial score (nSPS) is 15.2. The van der Waals surface area contributed by atoms with Crippen molar-refractivity contribution in [3.63, 3.8) is 0 Å². The van der Waals surface area contributed by atoms with Crippen LogP contribution in [-0.4, -0.2) is 45.4 Å². The summed E-state index contributed by atoms with van der Waals surface area (Å²) < 4.78 is 0. The number of aliphatic hydroxyl groups excluding tert-OH is 2. The van der Waals surface area contributed by atoms with Gasteiger partial charge >= 0.3 is 0 Å². The van der Waals surface area contributed by atoms with Gasteiger partial charge in [-0.3, -0.25) is 9.59 Å². The Hall–Kier alpha value is -0.0800. The Bertz CT molecular complexity index is 570. The maximum atomic E-state index is 12.4. The standard InChI is InChI=1S/C34H66O3S2.2CH4O/c1-6-9-11-13-15-17-19-21-23-28(4)30(26-32(35)38)34(37,25-8-3)31(27-33(36)39)29(5)24-22-20-18-16-14-12-10-7-2;2*1-2/h28-31,37H,6-27H2,1-5H3,(H,35,38)(H,36,39);2*2H,1H3. The van der Waals surface area contributed by atoms with Crippen LogP contribution in [0, 0.1) is 23.7 Å². The lowest BCUT2D eigenvalue weighted by Gasteiger charge is -2.47. The van der Waals surface area contributed by atoms with Gasteiger partial charge in [0.25, 0.3) is 0 Å². The Morgan fingerprint density at radius 1 is 0.535 bits per heavy atom. The van der Waals surface area contributed by atoms with Gasteiger partial charge in [0.05, 0.1) is 5.60 Å². The second-order valence-corrected chi connectivity index (χ2v) is 13.6. The van der Waals surface area contributed by atoms with Crippen molar-refractivity contribution < 1.29 is 24.9 Å². The largest absolute Gasteiger partial charge is 0.400 e. The van der Waals surface area contributed by atoms with Crippen molar-refractivity contribution in [3.05, 3.63) is 0 Å². The molecule has 0 rings (SSSR count). The van der Waals surface area contributed by atoms with E-state index in [-0.39, 0.29) is 46.7 Å². The van der Waals surface area contributed by atoms with Crippen molar-refractivity contribution in [1.29, 1.82) is 0 Å². The minimum atomic E-state index is -1.06. The molecule has 0 aromatic carbocycles. The van der Waals surface area contributed by atoms with E-state index in [4.69, 9.17) is 10.2 Å². The van der Waals surface area contributed by atoms with Gasteiger partial charge in [0.1, 0.15) is 0 Å². The molecule has 0 aliphatic carbocycles. The first-order valence-corrected chi connectivity index (χ1v) is 18.6. The average molecular weight is 651 g/mol. The van der Waals surface area contributed by atoms with E-state index in [0.717, 1.165) is 46.3 Å². The predicted molar refractivity (Wildman–Crippen MR) is 193 cm³/mol. The molecule has 0 spiro atoms. The van der Waals surface area contributed by atoms with Gasteiger partial charge in [-0.1, -0.05) is 157 Å². The van der Waals surface area contributed by atoms with Gasteiger partial charge in [-0.15, -0.1) is 25.3 Å². The summed E-state index contributed by atoms with van der Waals surface area (Å²) in [6.45, 7) is 11.0. The first-order valence-electron chi connectivity index (χ1n) is 17.7. The van der Waals surface area contributed by atoms with Crippen LogP contribution in [0.15, 0.2) is 0 Å². The van der Waals surface area contributed by atoms with Crippen LogP contribution in [0.4, 0.5) is 0 Å². The molecule has 0 aliphatic rings. The zero-order chi connectivity index (χ0) is 33.5. The minimum absolute atomic E-state index is 0.163. The molecule has 0 saturated carbocycles. The van der Waals surface area contributed by atoms with E-state index in [2.05, 4.69) is 59.9 Å². The van der Waals surface area contributed by atoms with Gasteiger partial charge in [0.2, 0.25) is 0 Å². The Labute approximate surface area is 279 Å². The molecule has 5 nitrogen and oxygen atoms in total. The number of carbonyl (C=O) groups is 2. The summed E-state index contributed by atoms with van der Waals surface area (Å²) in [7, 11) is 2.00. The number of thiol groups is 2. The van der Waals surface area contributed by atoms with Gasteiger partial charge in [-0.05, 0) is 30.1 Å². The Kier molecular flexibility index (Phi) is 36.6. The van der Waals surface area contributed by atoms with Crippen molar-refractivity contribution in [2.45, 2.75) is 181 Å². The first-order chi connectivity index (χ1) is 20.6. The van der Waals surface area contributed by atoms with E-state index in [0.29, 0.717) is 6.42 Å². The molecular formula is C36H74O5S2. The van der Waals surface area contributed by atoms with E-state index < -0.39 is 5.60 Å². The predicted octanol–water partition coefficient (Wildman–Crippen LogP) is 9.99. The van der Waals surface area contributed by atoms with E-state index in [9.17, 15) is 14.7 Å². The Balaban J connectivity index is -0.00000382. The zero-order valence-electron chi connectivity index (χ0n) is 29.4. The number of hydrogen-bond acceptors (Lipinski definition) is 5. The molecule has 4 unspecified atom stereocenters. The number of carbonyl (C=O) groups excluding carboxylic acids is 2. The molecule has 4 atom stereocenters. The van der Waals surface area contributed by atoms with Crippen LogP contribution in [0.1, 0.15) is 176 Å². The molecule has 0 radical (unpaired) electrons. The highest BCUT2D eigenvalue weighted by molar-refractivity contribution is 7.96. The summed E-state index contributed by atoms with van der Waals surface area (Å²) in [6, 6.07) is 0. The van der Waals surface area contributed by atoms with E-state index in [1.165, 1.54) is 89.9 Å². The second kappa shape index (κ2) is 33.3. The van der Waals surface area contributed by atoms with Crippen molar-refractivity contribution in [2.24, 2.45) is 23.7 Å². The minimum Gasteiger partial charge on any atom is -0.400 e. The van der Waals surface area contributed by atoms with Crippen molar-refractivity contribution >= 4 is 35.5 Å². The Morgan fingerprint density at radius 2 is 0.814 bits per heavy atom. The molecule has 0 aromatic rings. The molecule has 0 heterocycles. The summed E-state index contributed by atoms with van der Waals surface area (Å²) in [5.74, 6) is 0.0209. The van der Waals surface area contributed by atoms with Gasteiger partial charge in [0, 0.05) is 27.1 Å². The van der Waals surface area contributed by atoms with E-state index in [1.807, 2.05) is 0 Å². The topological polar surface area (TPSA) is 94.8 Å². The first kappa shape index (κ1) is 47.3. The molecule has 0 aromatic heterocycles. The quantitative estimate of drug-likeness (QED) is 0.0429. The summed E-state index contributed by atoms with van der Waals surface area (Å²) in [5.41, 5.74) is -1.06. The molecule has 0 saturated heterocycles. The summed E-state index contributed by atoms with van der Waals surface area (Å²) in [6.07, 6.45) is 24.3. The summed E-state index contributed by atoms with van der Waals surface area (Å²) in [5, 5.41) is 26.1. The monoisotopic (exact) mass is 650 g/mol. The third-order valence-electron chi connectivity index (χ3n) is 9.12. The molecular weight excluding hydrogens is 577 g/mol. The summed E-state index contributed by atoms with van der Waals surface area (Å²) in [4.78, 5) is 24.7. The van der Waals surface area contributed by atoms with Crippen LogP contribution in [0.25, 0.3) is 0 Å². The maximum absolute atomic E-state index is 12.4. The van der Waals surface area contributed by atoms with Crippen LogP contribution in [0.3, 0.4) is 0 Å². The zero-order valence-corrected chi connectivity index (χ0v) is 31.2. The number of rotatable bonds is 28. The van der Waals surface area contributed by atoms with E-state index >= 15 is 0 Å². The molecule has 260 valence electrons. The third kappa shape index (κ3) is 24.8. The van der Waals surface area contributed by atoms with Gasteiger partial charge in [-0.25, -0.2) is 0 Å². The summed E-state index contributed by atoms with van der Waals surface area (Å²) >= 11 is 8.33. The molecule has 43 heavy (non-hydrogen) atoms. The van der Waals surface area contributed by atoms with E-state index in [1.54, 1.807) is 0 Å². The maximum Gasteiger partial charge on any atom is 0.186 e. The van der Waals surface area contributed by atoms with Crippen LogP contribution < -0.4 is 0 Å². The van der Waals surface area contributed by atoms with Gasteiger partial charge in [0.15, 0.2) is 10.2 Å². The second-order valence-electron chi connectivity index (χ2n) is 12.6. The fourth-order valence-electron chi connectivity index (χ4n) is 6.77. The fraction of sp³-hybridized carbons (Fsp3) is 0.944. The van der Waals surface area contributed by atoms with Crippen molar-refractivity contribution in [3.8, 4) is 0 Å². The molecule has 0 amide bonds. The van der Waals surface area contributed by atoms with Gasteiger partial charge in [-0.2, -0.15) is 0 Å². The number of aliphatic hydroxyl groups is 3. The van der Waals surface area contributed by atoms with Gasteiger partial charge < -0.3 is 15.3 Å². The highest BCUT2D eigenvalue weighted by Gasteiger charge is 2.47. The SMILES string of the molecule is CCCCCCCCCCC(C)C(CC(=O)S)C(O)(CCC)C(CC(=O)S)C(C)CCCCCCCCCC.CO.CO.